The summed E-state index contributed by atoms with van der Waals surface area (Å²) in [5, 5.41) is 6.63. The molecule has 2 amide bonds. The largest absolute Gasteiger partial charge is 0.369 e. The second-order valence-electron chi connectivity index (χ2n) is 5.29. The number of piperidine rings is 1. The predicted octanol–water partition coefficient (Wildman–Crippen LogP) is 0.0993. The molecule has 1 rings (SSSR count). The van der Waals surface area contributed by atoms with E-state index in [4.69, 9.17) is 5.73 Å². The molecule has 0 spiro atoms. The fourth-order valence-corrected chi connectivity index (χ4v) is 2.67. The van der Waals surface area contributed by atoms with E-state index in [9.17, 15) is 9.59 Å². The molecule has 1 fully saturated rings. The molecule has 0 aromatic heterocycles. The minimum atomic E-state index is -0.685. The van der Waals surface area contributed by atoms with E-state index in [1.54, 1.807) is 25.6 Å². The van der Waals surface area contributed by atoms with Gasteiger partial charge in [0.25, 0.3) is 0 Å². The van der Waals surface area contributed by atoms with Crippen LogP contribution in [0.1, 0.15) is 26.7 Å². The Labute approximate surface area is 113 Å². The summed E-state index contributed by atoms with van der Waals surface area (Å²) in [5.41, 5.74) is 4.56. The molecule has 6 heteroatoms. The highest BCUT2D eigenvalue weighted by Gasteiger charge is 2.25. The fourth-order valence-electron chi connectivity index (χ4n) is 1.61. The molecule has 1 heterocycles. The maximum Gasteiger partial charge on any atom is 0.230 e. The van der Waals surface area contributed by atoms with Crippen molar-refractivity contribution in [2.24, 2.45) is 11.1 Å². The number of amides is 2. The van der Waals surface area contributed by atoms with Crippen LogP contribution in [-0.2, 0) is 9.59 Å². The van der Waals surface area contributed by atoms with E-state index in [0.29, 0.717) is 17.5 Å². The van der Waals surface area contributed by atoms with Crippen LogP contribution in [0.25, 0.3) is 0 Å². The standard InChI is InChI=1S/C12H23N3O2S/c1-12(2,11(13)17)8-15-10(16)7-18-9-3-5-14-6-4-9/h9,14H,3-8H2,1-2H3,(H2,13,17)(H,15,16). The quantitative estimate of drug-likeness (QED) is 0.641. The average Bonchev–Trinajstić information content (AvgIpc) is 2.35. The van der Waals surface area contributed by atoms with E-state index in [1.165, 1.54) is 0 Å². The van der Waals surface area contributed by atoms with Gasteiger partial charge in [0.1, 0.15) is 0 Å². The van der Waals surface area contributed by atoms with Gasteiger partial charge in [0, 0.05) is 11.8 Å². The van der Waals surface area contributed by atoms with Gasteiger partial charge in [0.05, 0.1) is 11.2 Å². The number of thioether (sulfide) groups is 1. The Bertz CT molecular complexity index is 302. The van der Waals surface area contributed by atoms with Crippen molar-refractivity contribution < 1.29 is 9.59 Å². The van der Waals surface area contributed by atoms with Crippen molar-refractivity contribution in [3.8, 4) is 0 Å². The maximum atomic E-state index is 11.7. The van der Waals surface area contributed by atoms with Crippen molar-refractivity contribution >= 4 is 23.6 Å². The first-order valence-corrected chi connectivity index (χ1v) is 7.35. The number of hydrogen-bond acceptors (Lipinski definition) is 4. The molecule has 0 saturated carbocycles. The minimum absolute atomic E-state index is 0.0205. The van der Waals surface area contributed by atoms with Gasteiger partial charge in [0.2, 0.25) is 11.8 Å². The highest BCUT2D eigenvalue weighted by Crippen LogP contribution is 2.19. The molecule has 1 saturated heterocycles. The second kappa shape index (κ2) is 6.99. The molecular formula is C12H23N3O2S. The number of primary amides is 1. The number of carbonyl (C=O) groups is 2. The molecule has 5 nitrogen and oxygen atoms in total. The molecule has 1 aliphatic rings. The Kier molecular flexibility index (Phi) is 5.95. The Morgan fingerprint density at radius 3 is 2.56 bits per heavy atom. The van der Waals surface area contributed by atoms with Crippen molar-refractivity contribution in [1.82, 2.24) is 10.6 Å². The average molecular weight is 273 g/mol. The van der Waals surface area contributed by atoms with Gasteiger partial charge in [-0.2, -0.15) is 0 Å². The predicted molar refractivity (Wildman–Crippen MR) is 74.3 cm³/mol. The lowest BCUT2D eigenvalue weighted by molar-refractivity contribution is -0.126. The van der Waals surface area contributed by atoms with Gasteiger partial charge in [-0.25, -0.2) is 0 Å². The maximum absolute atomic E-state index is 11.7. The van der Waals surface area contributed by atoms with Crippen LogP contribution in [0.5, 0.6) is 0 Å². The van der Waals surface area contributed by atoms with Crippen LogP contribution in [0.15, 0.2) is 0 Å². The number of rotatable bonds is 6. The Balaban J connectivity index is 2.19. The Hall–Kier alpha value is -0.750. The summed E-state index contributed by atoms with van der Waals surface area (Å²) in [6.45, 7) is 5.83. The topological polar surface area (TPSA) is 84.2 Å². The summed E-state index contributed by atoms with van der Waals surface area (Å²) in [6, 6.07) is 0. The van der Waals surface area contributed by atoms with E-state index >= 15 is 0 Å². The van der Waals surface area contributed by atoms with Gasteiger partial charge >= 0.3 is 0 Å². The van der Waals surface area contributed by atoms with Crippen molar-refractivity contribution in [3.05, 3.63) is 0 Å². The summed E-state index contributed by atoms with van der Waals surface area (Å²) < 4.78 is 0. The Morgan fingerprint density at radius 2 is 2.00 bits per heavy atom. The van der Waals surface area contributed by atoms with Gasteiger partial charge in [0.15, 0.2) is 0 Å². The lowest BCUT2D eigenvalue weighted by atomic mass is 9.93. The van der Waals surface area contributed by atoms with E-state index in [2.05, 4.69) is 10.6 Å². The first-order valence-electron chi connectivity index (χ1n) is 6.31. The minimum Gasteiger partial charge on any atom is -0.369 e. The first-order chi connectivity index (χ1) is 8.42. The second-order valence-corrected chi connectivity index (χ2v) is 6.57. The van der Waals surface area contributed by atoms with Gasteiger partial charge < -0.3 is 16.4 Å². The van der Waals surface area contributed by atoms with E-state index in [-0.39, 0.29) is 5.91 Å². The molecule has 4 N–H and O–H groups in total. The molecule has 0 radical (unpaired) electrons. The summed E-state index contributed by atoms with van der Waals surface area (Å²) in [4.78, 5) is 22.8. The monoisotopic (exact) mass is 273 g/mol. The highest BCUT2D eigenvalue weighted by molar-refractivity contribution is 8.00. The summed E-state index contributed by atoms with van der Waals surface area (Å²) in [6.07, 6.45) is 2.23. The van der Waals surface area contributed by atoms with Crippen molar-refractivity contribution in [3.63, 3.8) is 0 Å². The number of carbonyl (C=O) groups excluding carboxylic acids is 2. The van der Waals surface area contributed by atoms with Gasteiger partial charge in [-0.15, -0.1) is 11.8 Å². The third-order valence-corrected chi connectivity index (χ3v) is 4.50. The zero-order valence-corrected chi connectivity index (χ0v) is 11.9. The van der Waals surface area contributed by atoms with Gasteiger partial charge in [-0.1, -0.05) is 0 Å². The lowest BCUT2D eigenvalue weighted by Crippen LogP contribution is -2.43. The summed E-state index contributed by atoms with van der Waals surface area (Å²) in [5.74, 6) is 0.0427. The summed E-state index contributed by atoms with van der Waals surface area (Å²) >= 11 is 1.70. The molecular weight excluding hydrogens is 250 g/mol. The third-order valence-electron chi connectivity index (χ3n) is 3.13. The smallest absolute Gasteiger partial charge is 0.230 e. The van der Waals surface area contributed by atoms with Crippen LogP contribution in [0.4, 0.5) is 0 Å². The van der Waals surface area contributed by atoms with E-state index < -0.39 is 11.3 Å². The van der Waals surface area contributed by atoms with E-state index in [1.807, 2.05) is 0 Å². The van der Waals surface area contributed by atoms with Crippen molar-refractivity contribution in [2.45, 2.75) is 31.9 Å². The molecule has 0 aliphatic carbocycles. The van der Waals surface area contributed by atoms with Crippen molar-refractivity contribution in [2.75, 3.05) is 25.4 Å². The fraction of sp³-hybridized carbons (Fsp3) is 0.833. The summed E-state index contributed by atoms with van der Waals surface area (Å²) in [7, 11) is 0. The molecule has 0 aromatic carbocycles. The van der Waals surface area contributed by atoms with Gasteiger partial charge in [-0.05, 0) is 39.8 Å². The molecule has 0 bridgehead atoms. The van der Waals surface area contributed by atoms with E-state index in [0.717, 1.165) is 25.9 Å². The Morgan fingerprint density at radius 1 is 1.39 bits per heavy atom. The van der Waals surface area contributed by atoms with Crippen LogP contribution < -0.4 is 16.4 Å². The molecule has 18 heavy (non-hydrogen) atoms. The van der Waals surface area contributed by atoms with Crippen LogP contribution in [-0.4, -0.2) is 42.5 Å². The van der Waals surface area contributed by atoms with Crippen LogP contribution in [0, 0.1) is 5.41 Å². The molecule has 0 atom stereocenters. The lowest BCUT2D eigenvalue weighted by Gasteiger charge is -2.23. The van der Waals surface area contributed by atoms with Crippen LogP contribution in [0.2, 0.25) is 0 Å². The molecule has 1 aliphatic heterocycles. The zero-order valence-electron chi connectivity index (χ0n) is 11.1. The third kappa shape index (κ3) is 5.27. The first kappa shape index (κ1) is 15.3. The number of nitrogens with two attached hydrogens (primary N) is 1. The highest BCUT2D eigenvalue weighted by atomic mass is 32.2. The molecule has 0 aromatic rings. The van der Waals surface area contributed by atoms with Crippen LogP contribution in [0.3, 0.4) is 0 Å². The normalized spacial score (nSPS) is 17.4. The number of nitrogens with one attached hydrogen (secondary N) is 2. The molecule has 104 valence electrons. The SMILES string of the molecule is CC(C)(CNC(=O)CSC1CCNCC1)C(N)=O. The number of hydrogen-bond donors (Lipinski definition) is 3. The van der Waals surface area contributed by atoms with Crippen molar-refractivity contribution in [1.29, 1.82) is 0 Å². The van der Waals surface area contributed by atoms with Gasteiger partial charge in [-0.3, -0.25) is 9.59 Å². The zero-order chi connectivity index (χ0) is 13.6. The molecule has 0 unspecified atom stereocenters. The van der Waals surface area contributed by atoms with Crippen LogP contribution >= 0.6 is 11.8 Å².